The fourth-order valence-electron chi connectivity index (χ4n) is 1.55. The second-order valence-electron chi connectivity index (χ2n) is 4.14. The van der Waals surface area contributed by atoms with Crippen LogP contribution in [-0.2, 0) is 11.2 Å². The first-order valence-electron chi connectivity index (χ1n) is 6.29. The molecule has 0 radical (unpaired) electrons. The summed E-state index contributed by atoms with van der Waals surface area (Å²) >= 11 is 1.55. The minimum atomic E-state index is -1.01. The van der Waals surface area contributed by atoms with Gasteiger partial charge < -0.3 is 15.7 Å². The van der Waals surface area contributed by atoms with Crippen molar-refractivity contribution in [2.24, 2.45) is 0 Å². The molecule has 0 aliphatic carbocycles. The van der Waals surface area contributed by atoms with Crippen LogP contribution in [0, 0.1) is 0 Å². The van der Waals surface area contributed by atoms with E-state index in [2.05, 4.69) is 15.6 Å². The lowest BCUT2D eigenvalue weighted by Gasteiger charge is -2.14. The number of carboxylic acid groups (broad SMARTS) is 1. The van der Waals surface area contributed by atoms with E-state index in [9.17, 15) is 9.59 Å². The van der Waals surface area contributed by atoms with Gasteiger partial charge in [-0.25, -0.2) is 9.59 Å². The molecule has 7 heteroatoms. The molecule has 0 bridgehead atoms. The predicted molar refractivity (Wildman–Crippen MR) is 78.9 cm³/mol. The first-order valence-corrected chi connectivity index (χ1v) is 7.69. The van der Waals surface area contributed by atoms with E-state index in [0.29, 0.717) is 25.1 Å². The number of thioether (sulfide) groups is 1. The zero-order valence-electron chi connectivity index (χ0n) is 11.3. The molecule has 1 heterocycles. The number of carbonyl (C=O) groups excluding carboxylic acids is 1. The molecule has 0 saturated heterocycles. The van der Waals surface area contributed by atoms with Crippen molar-refractivity contribution in [2.75, 3.05) is 18.6 Å². The Balaban J connectivity index is 2.29. The maximum Gasteiger partial charge on any atom is 0.326 e. The zero-order chi connectivity index (χ0) is 14.8. The second-order valence-corrected chi connectivity index (χ2v) is 5.13. The van der Waals surface area contributed by atoms with Crippen LogP contribution in [0.5, 0.6) is 0 Å². The van der Waals surface area contributed by atoms with Gasteiger partial charge in [-0.3, -0.25) is 4.98 Å². The molecule has 0 spiro atoms. The minimum absolute atomic E-state index is 0.407. The molecule has 1 rings (SSSR count). The zero-order valence-corrected chi connectivity index (χ0v) is 12.2. The summed E-state index contributed by atoms with van der Waals surface area (Å²) < 4.78 is 0. The van der Waals surface area contributed by atoms with Gasteiger partial charge in [0.05, 0.1) is 0 Å². The molecule has 3 N–H and O–H groups in total. The summed E-state index contributed by atoms with van der Waals surface area (Å²) in [6.07, 6.45) is 4.60. The van der Waals surface area contributed by atoms with Crippen LogP contribution in [0.25, 0.3) is 0 Å². The highest BCUT2D eigenvalue weighted by Gasteiger charge is 2.18. The Morgan fingerprint density at radius 2 is 2.25 bits per heavy atom. The van der Waals surface area contributed by atoms with Crippen LogP contribution < -0.4 is 10.6 Å². The molecule has 0 aliphatic rings. The number of carbonyl (C=O) groups is 2. The van der Waals surface area contributed by atoms with E-state index in [1.807, 2.05) is 24.5 Å². The van der Waals surface area contributed by atoms with Gasteiger partial charge in [-0.1, -0.05) is 6.07 Å². The van der Waals surface area contributed by atoms with E-state index in [1.54, 1.807) is 18.0 Å². The van der Waals surface area contributed by atoms with Gasteiger partial charge in [0.2, 0.25) is 0 Å². The van der Waals surface area contributed by atoms with Gasteiger partial charge in [-0.15, -0.1) is 0 Å². The molecular weight excluding hydrogens is 278 g/mol. The van der Waals surface area contributed by atoms with Crippen molar-refractivity contribution in [3.63, 3.8) is 0 Å². The van der Waals surface area contributed by atoms with Crippen LogP contribution in [0.1, 0.15) is 12.1 Å². The molecule has 0 aliphatic heterocycles. The number of aromatic nitrogens is 1. The molecule has 0 aromatic carbocycles. The molecule has 20 heavy (non-hydrogen) atoms. The van der Waals surface area contributed by atoms with E-state index >= 15 is 0 Å². The average molecular weight is 297 g/mol. The Morgan fingerprint density at radius 1 is 1.45 bits per heavy atom. The van der Waals surface area contributed by atoms with Crippen molar-refractivity contribution in [1.82, 2.24) is 15.6 Å². The van der Waals surface area contributed by atoms with Gasteiger partial charge in [-0.05, 0) is 30.6 Å². The van der Waals surface area contributed by atoms with E-state index in [-0.39, 0.29) is 0 Å². The lowest BCUT2D eigenvalue weighted by molar-refractivity contribution is -0.139. The molecule has 0 saturated carbocycles. The quantitative estimate of drug-likeness (QED) is 0.669. The Hall–Kier alpha value is -1.76. The molecular formula is C13H19N3O3S. The van der Waals surface area contributed by atoms with E-state index in [1.165, 1.54) is 0 Å². The SMILES string of the molecule is CSCCC(NC(=O)NCCc1ccccn1)C(=O)O. The Bertz CT molecular complexity index is 428. The van der Waals surface area contributed by atoms with E-state index in [0.717, 1.165) is 5.69 Å². The molecule has 6 nitrogen and oxygen atoms in total. The number of nitrogens with zero attached hydrogens (tertiary/aromatic N) is 1. The summed E-state index contributed by atoms with van der Waals surface area (Å²) in [5.41, 5.74) is 0.880. The van der Waals surface area contributed by atoms with Gasteiger partial charge >= 0.3 is 12.0 Å². The number of hydrogen-bond acceptors (Lipinski definition) is 4. The maximum absolute atomic E-state index is 11.6. The van der Waals surface area contributed by atoms with Crippen molar-refractivity contribution < 1.29 is 14.7 Å². The van der Waals surface area contributed by atoms with Gasteiger partial charge in [-0.2, -0.15) is 11.8 Å². The van der Waals surface area contributed by atoms with Crippen LogP contribution >= 0.6 is 11.8 Å². The monoisotopic (exact) mass is 297 g/mol. The van der Waals surface area contributed by atoms with Crippen LogP contribution in [0.3, 0.4) is 0 Å². The summed E-state index contributed by atoms with van der Waals surface area (Å²) in [6.45, 7) is 0.414. The topological polar surface area (TPSA) is 91.3 Å². The highest BCUT2D eigenvalue weighted by molar-refractivity contribution is 7.98. The summed E-state index contributed by atoms with van der Waals surface area (Å²) in [5, 5.41) is 14.1. The van der Waals surface area contributed by atoms with Crippen molar-refractivity contribution in [3.05, 3.63) is 30.1 Å². The first-order chi connectivity index (χ1) is 9.63. The lowest BCUT2D eigenvalue weighted by atomic mass is 10.2. The van der Waals surface area contributed by atoms with Crippen LogP contribution in [0.2, 0.25) is 0 Å². The molecule has 2 amide bonds. The van der Waals surface area contributed by atoms with E-state index < -0.39 is 18.0 Å². The molecule has 1 unspecified atom stereocenters. The number of carboxylic acids is 1. The van der Waals surface area contributed by atoms with Crippen molar-refractivity contribution in [2.45, 2.75) is 18.9 Å². The summed E-state index contributed by atoms with van der Waals surface area (Å²) in [6, 6.07) is 4.27. The van der Waals surface area contributed by atoms with Crippen molar-refractivity contribution in [3.8, 4) is 0 Å². The van der Waals surface area contributed by atoms with E-state index in [4.69, 9.17) is 5.11 Å². The predicted octanol–water partition coefficient (Wildman–Crippen LogP) is 1.13. The minimum Gasteiger partial charge on any atom is -0.480 e. The molecule has 1 aromatic rings. The van der Waals surface area contributed by atoms with Crippen molar-refractivity contribution >= 4 is 23.8 Å². The van der Waals surface area contributed by atoms with Gasteiger partial charge in [0, 0.05) is 24.9 Å². The maximum atomic E-state index is 11.6. The fourth-order valence-corrected chi connectivity index (χ4v) is 2.02. The first kappa shape index (κ1) is 16.3. The number of rotatable bonds is 8. The van der Waals surface area contributed by atoms with Gasteiger partial charge in [0.1, 0.15) is 6.04 Å². The average Bonchev–Trinajstić information content (AvgIpc) is 2.44. The largest absolute Gasteiger partial charge is 0.480 e. The summed E-state index contributed by atoms with van der Waals surface area (Å²) in [4.78, 5) is 26.7. The Kier molecular flexibility index (Phi) is 7.49. The van der Waals surface area contributed by atoms with Crippen LogP contribution in [0.15, 0.2) is 24.4 Å². The molecule has 0 fully saturated rings. The highest BCUT2D eigenvalue weighted by Crippen LogP contribution is 2.01. The summed E-state index contributed by atoms with van der Waals surface area (Å²) in [5.74, 6) is -0.329. The molecule has 1 aromatic heterocycles. The normalized spacial score (nSPS) is 11.7. The van der Waals surface area contributed by atoms with Gasteiger partial charge in [0.15, 0.2) is 0 Å². The number of urea groups is 1. The number of aliphatic carboxylic acids is 1. The number of nitrogens with one attached hydrogen (secondary N) is 2. The van der Waals surface area contributed by atoms with Crippen LogP contribution in [-0.4, -0.2) is 46.7 Å². The van der Waals surface area contributed by atoms with Gasteiger partial charge in [0.25, 0.3) is 0 Å². The third-order valence-electron chi connectivity index (χ3n) is 2.61. The highest BCUT2D eigenvalue weighted by atomic mass is 32.2. The number of amides is 2. The second kappa shape index (κ2) is 9.19. The fraction of sp³-hybridized carbons (Fsp3) is 0.462. The standard InChI is InChI=1S/C13H19N3O3S/c1-20-9-6-11(12(17)18)16-13(19)15-8-5-10-4-2-3-7-14-10/h2-4,7,11H,5-6,8-9H2,1H3,(H,17,18)(H2,15,16,19). The smallest absolute Gasteiger partial charge is 0.326 e. The molecule has 1 atom stereocenters. The Morgan fingerprint density at radius 3 is 2.85 bits per heavy atom. The molecule has 110 valence electrons. The third-order valence-corrected chi connectivity index (χ3v) is 3.25. The van der Waals surface area contributed by atoms with Crippen LogP contribution in [0.4, 0.5) is 4.79 Å². The Labute approximate surface area is 122 Å². The number of hydrogen-bond donors (Lipinski definition) is 3. The van der Waals surface area contributed by atoms with Crippen molar-refractivity contribution in [1.29, 1.82) is 0 Å². The third kappa shape index (κ3) is 6.42. The lowest BCUT2D eigenvalue weighted by Crippen LogP contribution is -2.46. The summed E-state index contributed by atoms with van der Waals surface area (Å²) in [7, 11) is 0. The number of pyridine rings is 1.